The van der Waals surface area contributed by atoms with Gasteiger partial charge in [0.05, 0.1) is 10.6 Å². The molecule has 0 saturated heterocycles. The van der Waals surface area contributed by atoms with E-state index in [-0.39, 0.29) is 11.4 Å². The molecule has 0 fully saturated rings. The zero-order valence-electron chi connectivity index (χ0n) is 13.5. The Balaban J connectivity index is 2.44. The molecule has 2 rings (SSSR count). The fourth-order valence-electron chi connectivity index (χ4n) is 2.41. The summed E-state index contributed by atoms with van der Waals surface area (Å²) in [4.78, 5) is 14.8. The summed E-state index contributed by atoms with van der Waals surface area (Å²) in [5, 5.41) is 21.0. The third kappa shape index (κ3) is 3.74. The maximum Gasteiger partial charge on any atom is 0.311 e. The fraction of sp³-hybridized carbons (Fsp3) is 0.278. The number of benzene rings is 2. The number of hydrogen-bond donors (Lipinski definition) is 1. The number of aromatic hydroxyl groups is 1. The topological polar surface area (TPSA) is 75.7 Å². The van der Waals surface area contributed by atoms with E-state index < -0.39 is 4.92 Å². The minimum absolute atomic E-state index is 0.304. The van der Waals surface area contributed by atoms with Gasteiger partial charge >= 0.3 is 5.69 Å². The highest BCUT2D eigenvalue weighted by Gasteiger charge is 2.17. The Kier molecular flexibility index (Phi) is 5.11. The third-order valence-electron chi connectivity index (χ3n) is 3.88. The van der Waals surface area contributed by atoms with Crippen LogP contribution in [-0.2, 0) is 0 Å². The number of phenols is 1. The average molecular weight is 312 g/mol. The summed E-state index contributed by atoms with van der Waals surface area (Å²) in [6.07, 6.45) is 2.48. The lowest BCUT2D eigenvalue weighted by Gasteiger charge is -2.11. The Morgan fingerprint density at radius 2 is 2.04 bits per heavy atom. The van der Waals surface area contributed by atoms with Crippen molar-refractivity contribution in [2.24, 2.45) is 4.99 Å². The summed E-state index contributed by atoms with van der Waals surface area (Å²) in [7, 11) is 0. The van der Waals surface area contributed by atoms with Crippen molar-refractivity contribution in [3.63, 3.8) is 0 Å². The molecule has 0 aromatic heterocycles. The van der Waals surface area contributed by atoms with E-state index in [9.17, 15) is 15.2 Å². The highest BCUT2D eigenvalue weighted by Crippen LogP contribution is 2.32. The van der Waals surface area contributed by atoms with Gasteiger partial charge in [-0.25, -0.2) is 0 Å². The molecule has 5 nitrogen and oxygen atoms in total. The highest BCUT2D eigenvalue weighted by atomic mass is 16.6. The van der Waals surface area contributed by atoms with Crippen LogP contribution in [-0.4, -0.2) is 16.2 Å². The predicted molar refractivity (Wildman–Crippen MR) is 91.9 cm³/mol. The van der Waals surface area contributed by atoms with Crippen LogP contribution in [0.3, 0.4) is 0 Å². The van der Waals surface area contributed by atoms with Gasteiger partial charge in [0.15, 0.2) is 0 Å². The molecule has 2 aromatic rings. The van der Waals surface area contributed by atoms with Gasteiger partial charge in [-0.2, -0.15) is 0 Å². The Hall–Kier alpha value is -2.69. The average Bonchev–Trinajstić information content (AvgIpc) is 2.54. The number of para-hydroxylation sites is 1. The van der Waals surface area contributed by atoms with Crippen molar-refractivity contribution in [1.82, 2.24) is 0 Å². The van der Waals surface area contributed by atoms with Gasteiger partial charge in [-0.1, -0.05) is 32.0 Å². The molecule has 2 aromatic carbocycles. The highest BCUT2D eigenvalue weighted by molar-refractivity contribution is 5.88. The molecule has 1 atom stereocenters. The molecule has 0 aliphatic carbocycles. The van der Waals surface area contributed by atoms with Crippen LogP contribution < -0.4 is 0 Å². The normalized spacial score (nSPS) is 12.5. The van der Waals surface area contributed by atoms with Crippen LogP contribution in [0.1, 0.15) is 42.9 Å². The van der Waals surface area contributed by atoms with E-state index in [4.69, 9.17) is 0 Å². The molecular weight excluding hydrogens is 292 g/mol. The standard InChI is InChI=1S/C18H20N2O3/c1-4-13(3)15-7-5-6-8-16(15)19-11-14-9-12(2)10-17(18(14)21)20(22)23/h5-11,13,21H,4H2,1-3H3/t13-/m1/s1. The van der Waals surface area contributed by atoms with E-state index in [0.717, 1.165) is 17.7 Å². The number of phenolic OH excluding ortho intramolecular Hbond substituents is 1. The minimum Gasteiger partial charge on any atom is -0.502 e. The van der Waals surface area contributed by atoms with E-state index >= 15 is 0 Å². The molecule has 0 aliphatic heterocycles. The first-order chi connectivity index (χ1) is 10.9. The van der Waals surface area contributed by atoms with Crippen LogP contribution in [0.2, 0.25) is 0 Å². The van der Waals surface area contributed by atoms with Gasteiger partial charge in [-0.15, -0.1) is 0 Å². The summed E-state index contributed by atoms with van der Waals surface area (Å²) in [5.74, 6) is 0.00848. The molecule has 0 unspecified atom stereocenters. The van der Waals surface area contributed by atoms with E-state index in [0.29, 0.717) is 17.0 Å². The predicted octanol–water partition coefficient (Wildman–Crippen LogP) is 4.87. The van der Waals surface area contributed by atoms with Gasteiger partial charge in [-0.3, -0.25) is 15.1 Å². The number of rotatable bonds is 5. The zero-order valence-corrected chi connectivity index (χ0v) is 13.5. The van der Waals surface area contributed by atoms with Crippen molar-refractivity contribution in [2.45, 2.75) is 33.1 Å². The zero-order chi connectivity index (χ0) is 17.0. The SMILES string of the molecule is CC[C@@H](C)c1ccccc1N=Cc1cc(C)cc([N+](=O)[O-])c1O. The van der Waals surface area contributed by atoms with Crippen molar-refractivity contribution < 1.29 is 10.0 Å². The number of aliphatic imine (C=N–C) groups is 1. The van der Waals surface area contributed by atoms with E-state index in [1.807, 2.05) is 24.3 Å². The maximum atomic E-state index is 11.0. The Morgan fingerprint density at radius 1 is 1.35 bits per heavy atom. The van der Waals surface area contributed by atoms with Crippen LogP contribution >= 0.6 is 0 Å². The van der Waals surface area contributed by atoms with E-state index in [1.54, 1.807) is 13.0 Å². The molecule has 0 aliphatic rings. The van der Waals surface area contributed by atoms with Gasteiger partial charge < -0.3 is 5.11 Å². The largest absolute Gasteiger partial charge is 0.502 e. The number of hydrogen-bond acceptors (Lipinski definition) is 4. The van der Waals surface area contributed by atoms with Crippen LogP contribution in [0.25, 0.3) is 0 Å². The number of nitro groups is 1. The quantitative estimate of drug-likeness (QED) is 0.486. The van der Waals surface area contributed by atoms with Crippen molar-refractivity contribution in [3.8, 4) is 5.75 Å². The maximum absolute atomic E-state index is 11.0. The second-order valence-corrected chi connectivity index (χ2v) is 5.61. The molecule has 0 bridgehead atoms. The lowest BCUT2D eigenvalue weighted by Crippen LogP contribution is -1.94. The van der Waals surface area contributed by atoms with Crippen molar-refractivity contribution >= 4 is 17.6 Å². The monoisotopic (exact) mass is 312 g/mol. The number of nitro benzene ring substituents is 1. The van der Waals surface area contributed by atoms with Crippen LogP contribution in [0.5, 0.6) is 5.75 Å². The van der Waals surface area contributed by atoms with Gasteiger partial charge in [-0.05, 0) is 42.5 Å². The van der Waals surface area contributed by atoms with Crippen LogP contribution in [0, 0.1) is 17.0 Å². The summed E-state index contributed by atoms with van der Waals surface area (Å²) < 4.78 is 0. The molecule has 5 heteroatoms. The Morgan fingerprint density at radius 3 is 2.70 bits per heavy atom. The Bertz CT molecular complexity index is 754. The molecule has 0 amide bonds. The van der Waals surface area contributed by atoms with Crippen molar-refractivity contribution in [1.29, 1.82) is 0 Å². The number of nitrogens with zero attached hydrogens (tertiary/aromatic N) is 2. The van der Waals surface area contributed by atoms with Gasteiger partial charge in [0.2, 0.25) is 5.75 Å². The molecule has 0 spiro atoms. The Labute approximate surface area is 135 Å². The van der Waals surface area contributed by atoms with Gasteiger partial charge in [0.25, 0.3) is 0 Å². The van der Waals surface area contributed by atoms with Crippen LogP contribution in [0.4, 0.5) is 11.4 Å². The first-order valence-electron chi connectivity index (χ1n) is 7.55. The summed E-state index contributed by atoms with van der Waals surface area (Å²) in [6, 6.07) is 10.8. The number of aryl methyl sites for hydroxylation is 1. The van der Waals surface area contributed by atoms with E-state index in [2.05, 4.69) is 18.8 Å². The molecule has 120 valence electrons. The van der Waals surface area contributed by atoms with Gasteiger partial charge in [0, 0.05) is 17.8 Å². The van der Waals surface area contributed by atoms with Crippen molar-refractivity contribution in [2.75, 3.05) is 0 Å². The lowest BCUT2D eigenvalue weighted by atomic mass is 9.97. The summed E-state index contributed by atoms with van der Waals surface area (Å²) >= 11 is 0. The van der Waals surface area contributed by atoms with E-state index in [1.165, 1.54) is 12.3 Å². The fourth-order valence-corrected chi connectivity index (χ4v) is 2.41. The molecule has 0 radical (unpaired) electrons. The molecule has 1 N–H and O–H groups in total. The second-order valence-electron chi connectivity index (χ2n) is 5.61. The second kappa shape index (κ2) is 7.05. The first-order valence-corrected chi connectivity index (χ1v) is 7.55. The molecule has 23 heavy (non-hydrogen) atoms. The van der Waals surface area contributed by atoms with Crippen LogP contribution in [0.15, 0.2) is 41.4 Å². The summed E-state index contributed by atoms with van der Waals surface area (Å²) in [5.41, 5.74) is 2.67. The summed E-state index contributed by atoms with van der Waals surface area (Å²) in [6.45, 7) is 5.99. The first kappa shape index (κ1) is 16.7. The molecular formula is C18H20N2O3. The molecule has 0 saturated carbocycles. The van der Waals surface area contributed by atoms with Crippen molar-refractivity contribution in [3.05, 3.63) is 63.2 Å². The molecule has 0 heterocycles. The smallest absolute Gasteiger partial charge is 0.311 e. The third-order valence-corrected chi connectivity index (χ3v) is 3.88. The minimum atomic E-state index is -0.590. The van der Waals surface area contributed by atoms with Gasteiger partial charge in [0.1, 0.15) is 0 Å². The lowest BCUT2D eigenvalue weighted by molar-refractivity contribution is -0.385.